The maximum atomic E-state index is 12.3. The van der Waals surface area contributed by atoms with E-state index in [-0.39, 0.29) is 24.1 Å². The monoisotopic (exact) mass is 373 g/mol. The highest BCUT2D eigenvalue weighted by atomic mass is 32.2. The zero-order valence-electron chi connectivity index (χ0n) is 15.2. The van der Waals surface area contributed by atoms with Gasteiger partial charge in [-0.15, -0.1) is 10.2 Å². The topological polar surface area (TPSA) is 80.1 Å². The van der Waals surface area contributed by atoms with Crippen LogP contribution in [0.25, 0.3) is 0 Å². The first-order valence-electron chi connectivity index (χ1n) is 8.58. The molecule has 1 aromatic carbocycles. The van der Waals surface area contributed by atoms with Gasteiger partial charge in [0.1, 0.15) is 6.33 Å². The average molecular weight is 373 g/mol. The van der Waals surface area contributed by atoms with Crippen LogP contribution in [0.15, 0.2) is 29.7 Å². The summed E-state index contributed by atoms with van der Waals surface area (Å²) in [6, 6.07) is 6.32. The number of carbonyl (C=O) groups is 2. The molecular weight excluding hydrogens is 350 g/mol. The molecule has 7 nitrogen and oxygen atoms in total. The fourth-order valence-corrected chi connectivity index (χ4v) is 3.59. The van der Waals surface area contributed by atoms with E-state index in [2.05, 4.69) is 15.5 Å². The molecule has 0 atom stereocenters. The van der Waals surface area contributed by atoms with Gasteiger partial charge >= 0.3 is 0 Å². The van der Waals surface area contributed by atoms with Gasteiger partial charge in [-0.05, 0) is 37.8 Å². The van der Waals surface area contributed by atoms with Gasteiger partial charge in [-0.25, -0.2) is 0 Å². The number of nitrogens with one attached hydrogen (secondary N) is 1. The smallest absolute Gasteiger partial charge is 0.243 e. The molecule has 1 aliphatic rings. The molecule has 138 valence electrons. The normalized spacial score (nSPS) is 13.5. The molecule has 8 heteroatoms. The van der Waals surface area contributed by atoms with Crippen LogP contribution >= 0.6 is 11.8 Å². The number of likely N-dealkylation sites (N-methyl/N-ethyl adjacent to an activating group) is 1. The van der Waals surface area contributed by atoms with Crippen LogP contribution in [0, 0.1) is 13.8 Å². The van der Waals surface area contributed by atoms with Gasteiger partial charge in [0.25, 0.3) is 0 Å². The van der Waals surface area contributed by atoms with Gasteiger partial charge in [0.05, 0.1) is 12.3 Å². The third kappa shape index (κ3) is 4.43. The van der Waals surface area contributed by atoms with Gasteiger partial charge in [0.2, 0.25) is 11.8 Å². The molecule has 0 unspecified atom stereocenters. The lowest BCUT2D eigenvalue weighted by molar-refractivity contribution is -0.131. The number of anilines is 1. The van der Waals surface area contributed by atoms with Crippen molar-refractivity contribution in [1.82, 2.24) is 19.7 Å². The molecule has 1 saturated carbocycles. The highest BCUT2D eigenvalue weighted by molar-refractivity contribution is 7.99. The minimum absolute atomic E-state index is 0.0164. The molecule has 26 heavy (non-hydrogen) atoms. The van der Waals surface area contributed by atoms with Crippen LogP contribution in [-0.4, -0.2) is 50.8 Å². The lowest BCUT2D eigenvalue weighted by Gasteiger charge is -2.18. The summed E-state index contributed by atoms with van der Waals surface area (Å²) in [7, 11) is 1.64. The summed E-state index contributed by atoms with van der Waals surface area (Å²) in [5.74, 6) is -0.0834. The van der Waals surface area contributed by atoms with E-state index in [1.807, 2.05) is 36.6 Å². The number of para-hydroxylation sites is 1. The van der Waals surface area contributed by atoms with Crippen molar-refractivity contribution in [2.45, 2.75) is 37.9 Å². The van der Waals surface area contributed by atoms with Gasteiger partial charge < -0.3 is 14.8 Å². The van der Waals surface area contributed by atoms with Crippen molar-refractivity contribution in [3.05, 3.63) is 35.7 Å². The predicted molar refractivity (Wildman–Crippen MR) is 101 cm³/mol. The first kappa shape index (κ1) is 18.4. The Labute approximate surface area is 157 Å². The first-order valence-corrected chi connectivity index (χ1v) is 9.56. The Morgan fingerprint density at radius 2 is 2.00 bits per heavy atom. The molecule has 1 aliphatic carbocycles. The Kier molecular flexibility index (Phi) is 5.61. The van der Waals surface area contributed by atoms with Gasteiger partial charge in [-0.1, -0.05) is 30.0 Å². The zero-order chi connectivity index (χ0) is 18.7. The van der Waals surface area contributed by atoms with Gasteiger partial charge in [0.15, 0.2) is 5.16 Å². The summed E-state index contributed by atoms with van der Waals surface area (Å²) in [6.45, 7) is 3.91. The van der Waals surface area contributed by atoms with Crippen LogP contribution in [0.1, 0.15) is 30.0 Å². The summed E-state index contributed by atoms with van der Waals surface area (Å²) < 4.78 is 2.02. The van der Waals surface area contributed by atoms with E-state index < -0.39 is 0 Å². The summed E-state index contributed by atoms with van der Waals surface area (Å²) in [5.41, 5.74) is 2.81. The van der Waals surface area contributed by atoms with E-state index in [1.54, 1.807) is 13.4 Å². The predicted octanol–water partition coefficient (Wildman–Crippen LogP) is 2.42. The van der Waals surface area contributed by atoms with E-state index in [0.717, 1.165) is 34.8 Å². The van der Waals surface area contributed by atoms with Gasteiger partial charge in [-0.3, -0.25) is 9.59 Å². The van der Waals surface area contributed by atoms with Crippen LogP contribution in [0.3, 0.4) is 0 Å². The van der Waals surface area contributed by atoms with Gasteiger partial charge in [0, 0.05) is 18.8 Å². The number of carbonyl (C=O) groups excluding carboxylic acids is 2. The quantitative estimate of drug-likeness (QED) is 0.754. The Balaban J connectivity index is 1.50. The van der Waals surface area contributed by atoms with E-state index in [1.165, 1.54) is 16.7 Å². The Hall–Kier alpha value is -2.35. The fourth-order valence-electron chi connectivity index (χ4n) is 2.67. The van der Waals surface area contributed by atoms with Crippen molar-refractivity contribution in [2.24, 2.45) is 0 Å². The van der Waals surface area contributed by atoms with Crippen LogP contribution in [0.4, 0.5) is 5.69 Å². The molecule has 1 fully saturated rings. The lowest BCUT2D eigenvalue weighted by Crippen LogP contribution is -2.36. The van der Waals surface area contributed by atoms with E-state index in [9.17, 15) is 9.59 Å². The number of hydrogen-bond donors (Lipinski definition) is 1. The standard InChI is InChI=1S/C18H23N5O2S/c1-12-5-4-6-13(2)17(12)20-15(24)9-22(3)16(25)10-26-18-21-19-11-23(18)14-7-8-14/h4-6,11,14H,7-10H2,1-3H3,(H,20,24). The van der Waals surface area contributed by atoms with Crippen molar-refractivity contribution >= 4 is 29.3 Å². The Morgan fingerprint density at radius 1 is 1.31 bits per heavy atom. The molecule has 0 spiro atoms. The molecule has 0 bridgehead atoms. The fraction of sp³-hybridized carbons (Fsp3) is 0.444. The molecule has 0 aliphatic heterocycles. The highest BCUT2D eigenvalue weighted by Crippen LogP contribution is 2.37. The molecule has 1 N–H and O–H groups in total. The maximum absolute atomic E-state index is 12.3. The van der Waals surface area contributed by atoms with Crippen LogP contribution in [0.5, 0.6) is 0 Å². The first-order chi connectivity index (χ1) is 12.5. The third-order valence-electron chi connectivity index (χ3n) is 4.36. The van der Waals surface area contributed by atoms with Crippen molar-refractivity contribution in [2.75, 3.05) is 24.7 Å². The number of thioether (sulfide) groups is 1. The largest absolute Gasteiger partial charge is 0.336 e. The number of aryl methyl sites for hydroxylation is 2. The molecule has 2 amide bonds. The Bertz CT molecular complexity index is 795. The van der Waals surface area contributed by atoms with E-state index >= 15 is 0 Å². The van der Waals surface area contributed by atoms with Crippen LogP contribution < -0.4 is 5.32 Å². The molecule has 2 aromatic rings. The number of amides is 2. The number of nitrogens with zero attached hydrogens (tertiary/aromatic N) is 4. The van der Waals surface area contributed by atoms with Crippen molar-refractivity contribution in [3.63, 3.8) is 0 Å². The second kappa shape index (κ2) is 7.90. The minimum atomic E-state index is -0.204. The summed E-state index contributed by atoms with van der Waals surface area (Å²) >= 11 is 1.36. The summed E-state index contributed by atoms with van der Waals surface area (Å²) in [4.78, 5) is 26.0. The second-order valence-electron chi connectivity index (χ2n) is 6.61. The highest BCUT2D eigenvalue weighted by Gasteiger charge is 2.26. The van der Waals surface area contributed by atoms with Crippen molar-refractivity contribution in [3.8, 4) is 0 Å². The third-order valence-corrected chi connectivity index (χ3v) is 5.30. The Morgan fingerprint density at radius 3 is 2.65 bits per heavy atom. The number of rotatable bonds is 7. The van der Waals surface area contributed by atoms with Gasteiger partial charge in [-0.2, -0.15) is 0 Å². The van der Waals surface area contributed by atoms with Crippen LogP contribution in [-0.2, 0) is 9.59 Å². The molecule has 0 radical (unpaired) electrons. The van der Waals surface area contributed by atoms with Crippen molar-refractivity contribution in [1.29, 1.82) is 0 Å². The summed E-state index contributed by atoms with van der Waals surface area (Å²) in [6.07, 6.45) is 3.99. The van der Waals surface area contributed by atoms with Crippen molar-refractivity contribution < 1.29 is 9.59 Å². The zero-order valence-corrected chi connectivity index (χ0v) is 16.0. The number of aromatic nitrogens is 3. The molecule has 1 heterocycles. The molecule has 0 saturated heterocycles. The number of hydrogen-bond acceptors (Lipinski definition) is 5. The molecule has 1 aromatic heterocycles. The second-order valence-corrected chi connectivity index (χ2v) is 7.55. The van der Waals surface area contributed by atoms with Crippen LogP contribution in [0.2, 0.25) is 0 Å². The molecule has 3 rings (SSSR count). The number of benzene rings is 1. The SMILES string of the molecule is Cc1cccc(C)c1NC(=O)CN(C)C(=O)CSc1nncn1C1CC1. The molecular formula is C18H23N5O2S. The maximum Gasteiger partial charge on any atom is 0.243 e. The minimum Gasteiger partial charge on any atom is -0.336 e. The lowest BCUT2D eigenvalue weighted by atomic mass is 10.1. The average Bonchev–Trinajstić information content (AvgIpc) is 3.34. The van der Waals surface area contributed by atoms with E-state index in [4.69, 9.17) is 0 Å². The summed E-state index contributed by atoms with van der Waals surface area (Å²) in [5, 5.41) is 11.7. The van der Waals surface area contributed by atoms with E-state index in [0.29, 0.717) is 6.04 Å².